The van der Waals surface area contributed by atoms with Crippen molar-refractivity contribution in [3.05, 3.63) is 12.7 Å². The molecule has 3 fully saturated rings. The van der Waals surface area contributed by atoms with E-state index in [0.29, 0.717) is 13.0 Å². The zero-order chi connectivity index (χ0) is 20.6. The summed E-state index contributed by atoms with van der Waals surface area (Å²) in [5.41, 5.74) is 0. The lowest BCUT2D eigenvalue weighted by Gasteiger charge is -2.38. The molecule has 1 N–H and O–H groups in total. The highest BCUT2D eigenvalue weighted by molar-refractivity contribution is 8.02. The molecular weight excluding hydrogens is 380 g/mol. The van der Waals surface area contributed by atoms with Crippen LogP contribution in [-0.2, 0) is 19.1 Å². The Balaban J connectivity index is 2.02. The summed E-state index contributed by atoms with van der Waals surface area (Å²) >= 11 is 1.61. The first-order valence-corrected chi connectivity index (χ1v) is 10.9. The van der Waals surface area contributed by atoms with Crippen molar-refractivity contribution in [2.24, 2.45) is 11.8 Å². The zero-order valence-corrected chi connectivity index (χ0v) is 17.6. The van der Waals surface area contributed by atoms with Crippen molar-refractivity contribution in [2.45, 2.75) is 55.7 Å². The quantitative estimate of drug-likeness (QED) is 0.476. The summed E-state index contributed by atoms with van der Waals surface area (Å²) in [5, 5.41) is 9.56. The van der Waals surface area contributed by atoms with Crippen molar-refractivity contribution in [3.8, 4) is 0 Å². The first-order chi connectivity index (χ1) is 13.3. The van der Waals surface area contributed by atoms with Gasteiger partial charge >= 0.3 is 5.97 Å². The molecule has 156 valence electrons. The Labute approximate surface area is 170 Å². The number of fused-ring (bicyclic) bond motifs is 1. The maximum atomic E-state index is 13.6. The molecule has 1 spiro atoms. The summed E-state index contributed by atoms with van der Waals surface area (Å²) in [5.74, 6) is -1.76. The van der Waals surface area contributed by atoms with Crippen LogP contribution in [0.15, 0.2) is 12.7 Å². The van der Waals surface area contributed by atoms with Gasteiger partial charge in [0.2, 0.25) is 11.8 Å². The van der Waals surface area contributed by atoms with E-state index in [2.05, 4.69) is 6.58 Å². The van der Waals surface area contributed by atoms with Crippen LogP contribution < -0.4 is 0 Å². The highest BCUT2D eigenvalue weighted by atomic mass is 32.2. The van der Waals surface area contributed by atoms with Gasteiger partial charge in [-0.2, -0.15) is 0 Å². The molecule has 28 heavy (non-hydrogen) atoms. The number of esters is 1. The second kappa shape index (κ2) is 8.06. The van der Waals surface area contributed by atoms with Crippen molar-refractivity contribution in [1.29, 1.82) is 0 Å². The number of hydrogen-bond acceptors (Lipinski definition) is 6. The summed E-state index contributed by atoms with van der Waals surface area (Å²) in [6, 6.07) is -0.717. The molecule has 0 aromatic heterocycles. The van der Waals surface area contributed by atoms with Gasteiger partial charge in [-0.15, -0.1) is 18.3 Å². The molecule has 0 radical (unpaired) electrons. The molecule has 2 amide bonds. The number of β-amino-alcohol motifs (C(OH)–C–C–N with tert-alkyl or cyclic N) is 1. The molecule has 3 aliphatic rings. The van der Waals surface area contributed by atoms with Crippen molar-refractivity contribution in [2.75, 3.05) is 26.3 Å². The number of carbonyl (C=O) groups excluding carboxylic acids is 3. The molecule has 0 aromatic carbocycles. The summed E-state index contributed by atoms with van der Waals surface area (Å²) in [6.07, 6.45) is 3.19. The van der Waals surface area contributed by atoms with Gasteiger partial charge in [-0.25, -0.2) is 0 Å². The number of rotatable bonds is 8. The van der Waals surface area contributed by atoms with Crippen LogP contribution in [-0.4, -0.2) is 81.1 Å². The molecule has 0 aromatic rings. The van der Waals surface area contributed by atoms with Gasteiger partial charge in [0.15, 0.2) is 0 Å². The number of likely N-dealkylation sites (tertiary alicyclic amines) is 1. The zero-order valence-electron chi connectivity index (χ0n) is 16.8. The maximum Gasteiger partial charge on any atom is 0.310 e. The fraction of sp³-hybridized carbons (Fsp3) is 0.750. The van der Waals surface area contributed by atoms with E-state index in [1.54, 1.807) is 29.7 Å². The minimum absolute atomic E-state index is 0.00600. The molecule has 3 aliphatic heterocycles. The predicted octanol–water partition coefficient (Wildman–Crippen LogP) is 1.06. The second-order valence-corrected chi connectivity index (χ2v) is 9.54. The lowest BCUT2D eigenvalue weighted by Crippen LogP contribution is -2.56. The fourth-order valence-electron chi connectivity index (χ4n) is 5.14. The van der Waals surface area contributed by atoms with Crippen molar-refractivity contribution in [3.63, 3.8) is 0 Å². The molecule has 0 saturated carbocycles. The Morgan fingerprint density at radius 1 is 1.50 bits per heavy atom. The van der Waals surface area contributed by atoms with E-state index < -0.39 is 22.6 Å². The lowest BCUT2D eigenvalue weighted by molar-refractivity contribution is -0.153. The van der Waals surface area contributed by atoms with Gasteiger partial charge in [0.1, 0.15) is 6.04 Å². The first-order valence-electron chi connectivity index (χ1n) is 10.0. The minimum Gasteiger partial charge on any atom is -0.466 e. The number of amides is 2. The third-order valence-corrected chi connectivity index (χ3v) is 8.12. The number of nitrogens with zero attached hydrogens (tertiary/aromatic N) is 2. The molecule has 2 unspecified atom stereocenters. The average molecular weight is 411 g/mol. The summed E-state index contributed by atoms with van der Waals surface area (Å²) < 4.78 is 4.64. The number of thioether (sulfide) groups is 1. The SMILES string of the molecule is C=CCN(C(=O)C1N(CCO)C(=O)[C@@H]2[C@@H](C(=O)OCC)[C@H]3CCC12S3)C(C)C. The standard InChI is InChI=1S/C20H30N2O5S/c1-5-9-21(12(3)4)18(25)16-20-8-7-13(28-20)14(19(26)27-6-2)15(20)17(24)22(16)10-11-23/h5,12-16,23H,1,6-11H2,2-4H3/t13-,14+,15+,16?,20?/m1/s1. The Kier molecular flexibility index (Phi) is 6.10. The van der Waals surface area contributed by atoms with Crippen LogP contribution in [0, 0.1) is 11.8 Å². The third kappa shape index (κ3) is 3.05. The van der Waals surface area contributed by atoms with E-state index in [1.165, 1.54) is 4.90 Å². The number of aliphatic hydroxyl groups excluding tert-OH is 1. The van der Waals surface area contributed by atoms with Crippen molar-refractivity contribution in [1.82, 2.24) is 9.80 Å². The molecule has 3 heterocycles. The predicted molar refractivity (Wildman–Crippen MR) is 107 cm³/mol. The van der Waals surface area contributed by atoms with Crippen LogP contribution in [0.3, 0.4) is 0 Å². The van der Waals surface area contributed by atoms with E-state index in [1.807, 2.05) is 13.8 Å². The number of carbonyl (C=O) groups is 3. The molecule has 5 atom stereocenters. The minimum atomic E-state index is -0.672. The first kappa shape index (κ1) is 21.2. The summed E-state index contributed by atoms with van der Waals surface area (Å²) in [7, 11) is 0. The number of aliphatic hydroxyl groups is 1. The van der Waals surface area contributed by atoms with Gasteiger partial charge in [0.25, 0.3) is 0 Å². The Hall–Kier alpha value is -1.54. The molecule has 0 aliphatic carbocycles. The normalized spacial score (nSPS) is 33.3. The monoisotopic (exact) mass is 410 g/mol. The topological polar surface area (TPSA) is 87.2 Å². The van der Waals surface area contributed by atoms with Gasteiger partial charge in [0.05, 0.1) is 29.8 Å². The Morgan fingerprint density at radius 3 is 2.79 bits per heavy atom. The van der Waals surface area contributed by atoms with E-state index in [9.17, 15) is 19.5 Å². The highest BCUT2D eigenvalue weighted by Gasteiger charge is 2.74. The van der Waals surface area contributed by atoms with E-state index >= 15 is 0 Å². The van der Waals surface area contributed by atoms with Crippen LogP contribution in [0.4, 0.5) is 0 Å². The molecule has 7 nitrogen and oxygen atoms in total. The fourth-order valence-corrected chi connectivity index (χ4v) is 7.34. The molecular formula is C20H30N2O5S. The summed E-state index contributed by atoms with van der Waals surface area (Å²) in [4.78, 5) is 42.8. The maximum absolute atomic E-state index is 13.6. The molecule has 8 heteroatoms. The summed E-state index contributed by atoms with van der Waals surface area (Å²) in [6.45, 7) is 9.90. The van der Waals surface area contributed by atoms with Gasteiger partial charge in [0, 0.05) is 24.4 Å². The second-order valence-electron chi connectivity index (χ2n) is 7.94. The van der Waals surface area contributed by atoms with Crippen molar-refractivity contribution < 1.29 is 24.2 Å². The lowest BCUT2D eigenvalue weighted by atomic mass is 9.71. The highest BCUT2D eigenvalue weighted by Crippen LogP contribution is 2.66. The van der Waals surface area contributed by atoms with E-state index in [4.69, 9.17) is 4.74 Å². The van der Waals surface area contributed by atoms with E-state index in [0.717, 1.165) is 6.42 Å². The van der Waals surface area contributed by atoms with Crippen LogP contribution in [0.5, 0.6) is 0 Å². The van der Waals surface area contributed by atoms with Gasteiger partial charge in [-0.1, -0.05) is 6.08 Å². The van der Waals surface area contributed by atoms with Crippen molar-refractivity contribution >= 4 is 29.5 Å². The Bertz CT molecular complexity index is 669. The van der Waals surface area contributed by atoms with Crippen LogP contribution in [0.25, 0.3) is 0 Å². The third-order valence-electron chi connectivity index (χ3n) is 6.17. The molecule has 3 saturated heterocycles. The number of ether oxygens (including phenoxy) is 1. The van der Waals surface area contributed by atoms with Crippen LogP contribution in [0.1, 0.15) is 33.6 Å². The largest absolute Gasteiger partial charge is 0.466 e. The van der Waals surface area contributed by atoms with Crippen LogP contribution >= 0.6 is 11.8 Å². The Morgan fingerprint density at radius 2 is 2.21 bits per heavy atom. The molecule has 3 rings (SSSR count). The number of hydrogen-bond donors (Lipinski definition) is 1. The smallest absolute Gasteiger partial charge is 0.310 e. The van der Waals surface area contributed by atoms with Gasteiger partial charge in [-0.3, -0.25) is 14.4 Å². The van der Waals surface area contributed by atoms with Gasteiger partial charge < -0.3 is 19.6 Å². The molecule has 2 bridgehead atoms. The van der Waals surface area contributed by atoms with E-state index in [-0.39, 0.29) is 48.8 Å². The average Bonchev–Trinajstić information content (AvgIpc) is 3.27. The van der Waals surface area contributed by atoms with Gasteiger partial charge in [-0.05, 0) is 33.6 Å². The van der Waals surface area contributed by atoms with Crippen LogP contribution in [0.2, 0.25) is 0 Å².